The van der Waals surface area contributed by atoms with Gasteiger partial charge in [-0.2, -0.15) is 5.26 Å². The molecular formula is C12H16N4O3. The number of nitriles is 1. The topological polar surface area (TPSA) is 92.3 Å². The highest BCUT2D eigenvalue weighted by Gasteiger charge is 2.21. The molecule has 0 bridgehead atoms. The van der Waals surface area contributed by atoms with Crippen LogP contribution in [0.3, 0.4) is 0 Å². The van der Waals surface area contributed by atoms with E-state index in [0.717, 1.165) is 5.56 Å². The number of aromatic nitrogens is 1. The number of hydrogen-bond acceptors (Lipinski definition) is 6. The Morgan fingerprint density at radius 2 is 2.32 bits per heavy atom. The molecule has 0 spiro atoms. The Labute approximate surface area is 111 Å². The maximum atomic E-state index is 11.1. The number of aryl methyl sites for hydroxylation is 1. The fourth-order valence-electron chi connectivity index (χ4n) is 1.63. The number of pyridine rings is 1. The summed E-state index contributed by atoms with van der Waals surface area (Å²) in [5.74, 6) is 0.280. The third-order valence-corrected chi connectivity index (χ3v) is 2.54. The minimum Gasteiger partial charge on any atom is -0.383 e. The number of anilines is 1. The molecule has 0 unspecified atom stereocenters. The van der Waals surface area contributed by atoms with E-state index in [2.05, 4.69) is 4.98 Å². The minimum atomic E-state index is -0.457. The van der Waals surface area contributed by atoms with Gasteiger partial charge in [0.2, 0.25) is 5.82 Å². The molecule has 0 N–H and O–H groups in total. The molecule has 1 aromatic heterocycles. The maximum absolute atomic E-state index is 11.1. The molecule has 0 atom stereocenters. The molecule has 0 saturated carbocycles. The van der Waals surface area contributed by atoms with Gasteiger partial charge in [0.25, 0.3) is 0 Å². The van der Waals surface area contributed by atoms with Crippen LogP contribution < -0.4 is 4.90 Å². The molecule has 0 aliphatic rings. The number of ether oxygens (including phenoxy) is 1. The minimum absolute atomic E-state index is 0.0472. The van der Waals surface area contributed by atoms with Crippen LogP contribution in [0, 0.1) is 28.4 Å². The van der Waals surface area contributed by atoms with Gasteiger partial charge in [-0.1, -0.05) is 0 Å². The molecule has 0 aliphatic heterocycles. The molecule has 0 fully saturated rings. The van der Waals surface area contributed by atoms with Gasteiger partial charge in [-0.25, -0.2) is 4.98 Å². The Balaban J connectivity index is 3.06. The van der Waals surface area contributed by atoms with Gasteiger partial charge < -0.3 is 9.64 Å². The highest BCUT2D eigenvalue weighted by molar-refractivity contribution is 5.58. The zero-order valence-corrected chi connectivity index (χ0v) is 11.0. The van der Waals surface area contributed by atoms with Crippen LogP contribution in [0.5, 0.6) is 0 Å². The van der Waals surface area contributed by atoms with E-state index in [9.17, 15) is 10.1 Å². The van der Waals surface area contributed by atoms with Gasteiger partial charge in [-0.15, -0.1) is 0 Å². The summed E-state index contributed by atoms with van der Waals surface area (Å²) in [6.45, 7) is 3.00. The first-order chi connectivity index (χ1) is 9.10. The fourth-order valence-corrected chi connectivity index (χ4v) is 1.63. The lowest BCUT2D eigenvalue weighted by atomic mass is 10.2. The predicted molar refractivity (Wildman–Crippen MR) is 69.9 cm³/mol. The van der Waals surface area contributed by atoms with Crippen molar-refractivity contribution in [1.29, 1.82) is 5.26 Å². The molecular weight excluding hydrogens is 248 g/mol. The summed E-state index contributed by atoms with van der Waals surface area (Å²) in [4.78, 5) is 16.4. The molecule has 102 valence electrons. The second-order valence-corrected chi connectivity index (χ2v) is 4.00. The molecule has 1 aromatic rings. The third kappa shape index (κ3) is 4.19. The highest BCUT2D eigenvalue weighted by Crippen LogP contribution is 2.26. The van der Waals surface area contributed by atoms with Crippen LogP contribution in [0.1, 0.15) is 12.0 Å². The van der Waals surface area contributed by atoms with Gasteiger partial charge in [-0.05, 0) is 12.5 Å². The van der Waals surface area contributed by atoms with Gasteiger partial charge in [0.05, 0.1) is 24.0 Å². The summed E-state index contributed by atoms with van der Waals surface area (Å²) >= 11 is 0. The van der Waals surface area contributed by atoms with Crippen molar-refractivity contribution in [2.45, 2.75) is 13.3 Å². The standard InChI is InChI=1S/C12H16N4O3/c1-10-8-11(16(17)18)12(14-9-10)15(5-3-4-13)6-7-19-2/h8-9H,3,5-7H2,1-2H3. The molecule has 7 nitrogen and oxygen atoms in total. The van der Waals surface area contributed by atoms with Crippen molar-refractivity contribution in [3.05, 3.63) is 27.9 Å². The average Bonchev–Trinajstić information content (AvgIpc) is 2.39. The molecule has 7 heteroatoms. The van der Waals surface area contributed by atoms with E-state index in [-0.39, 0.29) is 17.9 Å². The largest absolute Gasteiger partial charge is 0.383 e. The van der Waals surface area contributed by atoms with Crippen molar-refractivity contribution in [1.82, 2.24) is 4.98 Å². The lowest BCUT2D eigenvalue weighted by Gasteiger charge is -2.21. The quantitative estimate of drug-likeness (QED) is 0.549. The van der Waals surface area contributed by atoms with Gasteiger partial charge in [0.1, 0.15) is 0 Å². The van der Waals surface area contributed by atoms with Gasteiger partial charge in [0.15, 0.2) is 0 Å². The number of methoxy groups -OCH3 is 1. The molecule has 1 rings (SSSR count). The normalized spacial score (nSPS) is 9.95. The van der Waals surface area contributed by atoms with Crippen molar-refractivity contribution in [3.8, 4) is 6.07 Å². The number of rotatable bonds is 7. The summed E-state index contributed by atoms with van der Waals surface area (Å²) in [5, 5.41) is 19.7. The van der Waals surface area contributed by atoms with Crippen molar-refractivity contribution < 1.29 is 9.66 Å². The average molecular weight is 264 g/mol. The van der Waals surface area contributed by atoms with E-state index in [1.807, 2.05) is 6.07 Å². The van der Waals surface area contributed by atoms with Gasteiger partial charge in [0, 0.05) is 32.5 Å². The van der Waals surface area contributed by atoms with E-state index in [4.69, 9.17) is 10.00 Å². The Morgan fingerprint density at radius 1 is 1.58 bits per heavy atom. The van der Waals surface area contributed by atoms with Gasteiger partial charge in [-0.3, -0.25) is 10.1 Å². The SMILES string of the molecule is COCCN(CCC#N)c1ncc(C)cc1[N+](=O)[O-]. The molecule has 0 aromatic carbocycles. The van der Waals surface area contributed by atoms with Crippen LogP contribution in [-0.2, 0) is 4.74 Å². The summed E-state index contributed by atoms with van der Waals surface area (Å²) in [7, 11) is 1.56. The van der Waals surface area contributed by atoms with E-state index in [0.29, 0.717) is 19.7 Å². The molecule has 0 aliphatic carbocycles. The van der Waals surface area contributed by atoms with Crippen LogP contribution in [0.2, 0.25) is 0 Å². The highest BCUT2D eigenvalue weighted by atomic mass is 16.6. The molecule has 1 heterocycles. The molecule has 0 saturated heterocycles. The van der Waals surface area contributed by atoms with Crippen molar-refractivity contribution in [2.24, 2.45) is 0 Å². The van der Waals surface area contributed by atoms with Crippen LogP contribution in [0.4, 0.5) is 11.5 Å². The maximum Gasteiger partial charge on any atom is 0.311 e. The first-order valence-corrected chi connectivity index (χ1v) is 5.82. The Bertz CT molecular complexity index is 484. The second-order valence-electron chi connectivity index (χ2n) is 4.00. The first kappa shape index (κ1) is 14.9. The zero-order valence-electron chi connectivity index (χ0n) is 11.0. The van der Waals surface area contributed by atoms with Crippen LogP contribution >= 0.6 is 0 Å². The number of nitrogens with zero attached hydrogens (tertiary/aromatic N) is 4. The lowest BCUT2D eigenvalue weighted by Crippen LogP contribution is -2.29. The fraction of sp³-hybridized carbons (Fsp3) is 0.500. The van der Waals surface area contributed by atoms with Gasteiger partial charge >= 0.3 is 5.69 Å². The van der Waals surface area contributed by atoms with Crippen LogP contribution in [0.25, 0.3) is 0 Å². The smallest absolute Gasteiger partial charge is 0.311 e. The van der Waals surface area contributed by atoms with Crippen LogP contribution in [-0.4, -0.2) is 36.7 Å². The summed E-state index contributed by atoms with van der Waals surface area (Å²) < 4.78 is 4.98. The van der Waals surface area contributed by atoms with Crippen molar-refractivity contribution >= 4 is 11.5 Å². The molecule has 0 amide bonds. The Hall–Kier alpha value is -2.20. The predicted octanol–water partition coefficient (Wildman–Crippen LogP) is 1.66. The second kappa shape index (κ2) is 7.28. The Kier molecular flexibility index (Phi) is 5.70. The van der Waals surface area contributed by atoms with Crippen molar-refractivity contribution in [3.63, 3.8) is 0 Å². The third-order valence-electron chi connectivity index (χ3n) is 2.54. The zero-order chi connectivity index (χ0) is 14.3. The monoisotopic (exact) mass is 264 g/mol. The van der Waals surface area contributed by atoms with E-state index in [1.165, 1.54) is 6.07 Å². The van der Waals surface area contributed by atoms with Crippen molar-refractivity contribution in [2.75, 3.05) is 31.7 Å². The molecule has 0 radical (unpaired) electrons. The summed E-state index contributed by atoms with van der Waals surface area (Å²) in [6.07, 6.45) is 1.85. The molecule has 19 heavy (non-hydrogen) atoms. The van der Waals surface area contributed by atoms with E-state index < -0.39 is 4.92 Å². The number of nitro groups is 1. The summed E-state index contributed by atoms with van der Waals surface area (Å²) in [6, 6.07) is 3.50. The number of hydrogen-bond donors (Lipinski definition) is 0. The van der Waals surface area contributed by atoms with E-state index in [1.54, 1.807) is 25.1 Å². The lowest BCUT2D eigenvalue weighted by molar-refractivity contribution is -0.384. The van der Waals surface area contributed by atoms with Crippen LogP contribution in [0.15, 0.2) is 12.3 Å². The summed E-state index contributed by atoms with van der Waals surface area (Å²) in [5.41, 5.74) is 0.677. The van der Waals surface area contributed by atoms with E-state index >= 15 is 0 Å². The first-order valence-electron chi connectivity index (χ1n) is 5.82. The Morgan fingerprint density at radius 3 is 2.89 bits per heavy atom.